The first kappa shape index (κ1) is 18.2. The average molecular weight is 396 g/mol. The van der Waals surface area contributed by atoms with Gasteiger partial charge >= 0.3 is 0 Å². The van der Waals surface area contributed by atoms with E-state index in [1.165, 1.54) is 10.2 Å². The van der Waals surface area contributed by atoms with Gasteiger partial charge in [-0.1, -0.05) is 48.5 Å². The standard InChI is InChI=1S/C24H20N4O2/c29-22(27-14-19(15-27)17-10-12-25-13-11-17)16-28-24(30)21-9-5-4-8-20(21)23(26-28)18-6-2-1-3-7-18/h1-13,19H,14-16H2. The quantitative estimate of drug-likeness (QED) is 0.532. The molecule has 4 aromatic rings. The molecule has 0 saturated carbocycles. The second-order valence-electron chi connectivity index (χ2n) is 7.50. The van der Waals surface area contributed by atoms with Crippen molar-refractivity contribution < 1.29 is 4.79 Å². The first-order valence-electron chi connectivity index (χ1n) is 9.93. The fourth-order valence-corrected chi connectivity index (χ4v) is 3.91. The summed E-state index contributed by atoms with van der Waals surface area (Å²) in [6.45, 7) is 1.24. The molecule has 0 bridgehead atoms. The molecule has 5 rings (SSSR count). The third-order valence-electron chi connectivity index (χ3n) is 5.61. The summed E-state index contributed by atoms with van der Waals surface area (Å²) in [4.78, 5) is 31.6. The van der Waals surface area contributed by atoms with E-state index in [1.807, 2.05) is 60.7 Å². The molecule has 2 aromatic carbocycles. The van der Waals surface area contributed by atoms with Gasteiger partial charge in [-0.05, 0) is 23.8 Å². The van der Waals surface area contributed by atoms with E-state index < -0.39 is 0 Å². The van der Waals surface area contributed by atoms with Crippen molar-refractivity contribution in [1.82, 2.24) is 19.7 Å². The molecule has 1 aliphatic rings. The number of aromatic nitrogens is 3. The zero-order valence-corrected chi connectivity index (χ0v) is 16.3. The highest BCUT2D eigenvalue weighted by atomic mass is 16.2. The summed E-state index contributed by atoms with van der Waals surface area (Å²) in [5, 5.41) is 5.93. The van der Waals surface area contributed by atoms with Crippen LogP contribution in [-0.2, 0) is 11.3 Å². The molecule has 0 N–H and O–H groups in total. The van der Waals surface area contributed by atoms with Gasteiger partial charge in [0.1, 0.15) is 6.54 Å². The minimum absolute atomic E-state index is 0.0629. The van der Waals surface area contributed by atoms with Crippen LogP contribution in [0.2, 0.25) is 0 Å². The normalized spacial score (nSPS) is 13.9. The Kier molecular flexibility index (Phi) is 4.59. The molecule has 6 nitrogen and oxygen atoms in total. The zero-order chi connectivity index (χ0) is 20.5. The van der Waals surface area contributed by atoms with Crippen LogP contribution in [0.25, 0.3) is 22.0 Å². The number of benzene rings is 2. The van der Waals surface area contributed by atoms with Gasteiger partial charge in [0.2, 0.25) is 5.91 Å². The van der Waals surface area contributed by atoms with Crippen molar-refractivity contribution in [2.75, 3.05) is 13.1 Å². The maximum Gasteiger partial charge on any atom is 0.275 e. The second kappa shape index (κ2) is 7.55. The number of hydrogen-bond acceptors (Lipinski definition) is 4. The van der Waals surface area contributed by atoms with Crippen molar-refractivity contribution in [3.8, 4) is 11.3 Å². The van der Waals surface area contributed by atoms with E-state index in [1.54, 1.807) is 23.4 Å². The van der Waals surface area contributed by atoms with E-state index >= 15 is 0 Å². The monoisotopic (exact) mass is 396 g/mol. The summed E-state index contributed by atoms with van der Waals surface area (Å²) in [6.07, 6.45) is 3.53. The lowest BCUT2D eigenvalue weighted by Crippen LogP contribution is -2.50. The molecular formula is C24H20N4O2. The third kappa shape index (κ3) is 3.26. The Bertz CT molecular complexity index is 1260. The number of rotatable bonds is 4. The Balaban J connectivity index is 1.43. The molecular weight excluding hydrogens is 376 g/mol. The lowest BCUT2D eigenvalue weighted by molar-refractivity contribution is -0.136. The SMILES string of the molecule is O=C(Cn1nc(-c2ccccc2)c2ccccc2c1=O)N1CC(c2ccncc2)C1. The molecule has 0 spiro atoms. The minimum atomic E-state index is -0.246. The highest BCUT2D eigenvalue weighted by molar-refractivity contribution is 5.93. The fraction of sp³-hybridized carbons (Fsp3) is 0.167. The van der Waals surface area contributed by atoms with Crippen molar-refractivity contribution >= 4 is 16.7 Å². The van der Waals surface area contributed by atoms with Crippen LogP contribution in [0.15, 0.2) is 83.9 Å². The van der Waals surface area contributed by atoms with Gasteiger partial charge in [-0.25, -0.2) is 4.68 Å². The summed E-state index contributed by atoms with van der Waals surface area (Å²) in [6, 6.07) is 21.1. The van der Waals surface area contributed by atoms with Crippen molar-refractivity contribution in [2.45, 2.75) is 12.5 Å². The van der Waals surface area contributed by atoms with E-state index in [0.29, 0.717) is 30.1 Å². The maximum atomic E-state index is 13.0. The Labute approximate surface area is 173 Å². The molecule has 1 saturated heterocycles. The molecule has 1 aliphatic heterocycles. The Morgan fingerprint density at radius 3 is 2.30 bits per heavy atom. The highest BCUT2D eigenvalue weighted by Gasteiger charge is 2.32. The molecule has 2 aromatic heterocycles. The van der Waals surface area contributed by atoms with Crippen LogP contribution in [0.5, 0.6) is 0 Å². The van der Waals surface area contributed by atoms with Gasteiger partial charge < -0.3 is 4.90 Å². The maximum absolute atomic E-state index is 13.0. The number of likely N-dealkylation sites (tertiary alicyclic amines) is 1. The largest absolute Gasteiger partial charge is 0.340 e. The number of fused-ring (bicyclic) bond motifs is 1. The average Bonchev–Trinajstić information content (AvgIpc) is 2.76. The molecule has 3 heterocycles. The minimum Gasteiger partial charge on any atom is -0.340 e. The predicted molar refractivity (Wildman–Crippen MR) is 115 cm³/mol. The van der Waals surface area contributed by atoms with Crippen molar-refractivity contribution in [2.24, 2.45) is 0 Å². The molecule has 1 fully saturated rings. The summed E-state index contributed by atoms with van der Waals surface area (Å²) in [7, 11) is 0. The van der Waals surface area contributed by atoms with Gasteiger partial charge in [0.25, 0.3) is 5.56 Å². The number of hydrogen-bond donors (Lipinski definition) is 0. The van der Waals surface area contributed by atoms with Crippen LogP contribution in [0.1, 0.15) is 11.5 Å². The highest BCUT2D eigenvalue weighted by Crippen LogP contribution is 2.27. The first-order chi connectivity index (χ1) is 14.7. The fourth-order valence-electron chi connectivity index (χ4n) is 3.91. The lowest BCUT2D eigenvalue weighted by atomic mass is 9.92. The van der Waals surface area contributed by atoms with Crippen molar-refractivity contribution in [3.05, 3.63) is 95.0 Å². The van der Waals surface area contributed by atoms with Crippen LogP contribution >= 0.6 is 0 Å². The van der Waals surface area contributed by atoms with Gasteiger partial charge in [0, 0.05) is 42.4 Å². The molecule has 6 heteroatoms. The Hall–Kier alpha value is -3.80. The van der Waals surface area contributed by atoms with E-state index in [-0.39, 0.29) is 18.0 Å². The molecule has 0 atom stereocenters. The van der Waals surface area contributed by atoms with Gasteiger partial charge in [-0.2, -0.15) is 5.10 Å². The third-order valence-corrected chi connectivity index (χ3v) is 5.61. The Morgan fingerprint density at radius 1 is 0.900 bits per heavy atom. The summed E-state index contributed by atoms with van der Waals surface area (Å²) < 4.78 is 1.30. The predicted octanol–water partition coefficient (Wildman–Crippen LogP) is 3.08. The molecule has 0 unspecified atom stereocenters. The molecule has 148 valence electrons. The van der Waals surface area contributed by atoms with Crippen LogP contribution in [-0.4, -0.2) is 38.7 Å². The molecule has 30 heavy (non-hydrogen) atoms. The summed E-state index contributed by atoms with van der Waals surface area (Å²) in [5.74, 6) is 0.224. The molecule has 0 aliphatic carbocycles. The molecule has 1 amide bonds. The van der Waals surface area contributed by atoms with Gasteiger partial charge in [-0.15, -0.1) is 0 Å². The van der Waals surface area contributed by atoms with Crippen LogP contribution in [0.3, 0.4) is 0 Å². The van der Waals surface area contributed by atoms with E-state index in [2.05, 4.69) is 10.1 Å². The van der Waals surface area contributed by atoms with Gasteiger partial charge in [0.05, 0.1) is 11.1 Å². The van der Waals surface area contributed by atoms with E-state index in [4.69, 9.17) is 0 Å². The number of amides is 1. The summed E-state index contributed by atoms with van der Waals surface area (Å²) >= 11 is 0. The summed E-state index contributed by atoms with van der Waals surface area (Å²) in [5.41, 5.74) is 2.56. The first-order valence-corrected chi connectivity index (χ1v) is 9.93. The van der Waals surface area contributed by atoms with Gasteiger partial charge in [0.15, 0.2) is 0 Å². The number of nitrogens with zero attached hydrogens (tertiary/aromatic N) is 4. The van der Waals surface area contributed by atoms with Crippen LogP contribution in [0, 0.1) is 0 Å². The Morgan fingerprint density at radius 2 is 1.57 bits per heavy atom. The van der Waals surface area contributed by atoms with E-state index in [0.717, 1.165) is 10.9 Å². The van der Waals surface area contributed by atoms with Crippen molar-refractivity contribution in [1.29, 1.82) is 0 Å². The zero-order valence-electron chi connectivity index (χ0n) is 16.3. The lowest BCUT2D eigenvalue weighted by Gasteiger charge is -2.39. The topological polar surface area (TPSA) is 68.1 Å². The molecule has 0 radical (unpaired) electrons. The number of carbonyl (C=O) groups excluding carboxylic acids is 1. The second-order valence-corrected chi connectivity index (χ2v) is 7.50. The van der Waals surface area contributed by atoms with Crippen molar-refractivity contribution in [3.63, 3.8) is 0 Å². The van der Waals surface area contributed by atoms with Crippen LogP contribution < -0.4 is 5.56 Å². The smallest absolute Gasteiger partial charge is 0.275 e. The van der Waals surface area contributed by atoms with Gasteiger partial charge in [-0.3, -0.25) is 14.6 Å². The van der Waals surface area contributed by atoms with E-state index in [9.17, 15) is 9.59 Å². The number of carbonyl (C=O) groups is 1. The number of pyridine rings is 1. The van der Waals surface area contributed by atoms with Crippen LogP contribution in [0.4, 0.5) is 0 Å².